The maximum absolute atomic E-state index is 9.64. The van der Waals surface area contributed by atoms with Crippen LogP contribution < -0.4 is 4.74 Å². The molecule has 0 bridgehead atoms. The first kappa shape index (κ1) is 24.0. The molecule has 0 saturated heterocycles. The number of rotatable bonds is 14. The van der Waals surface area contributed by atoms with Crippen LogP contribution in [0.4, 0.5) is 0 Å². The number of aryl methyl sites for hydroxylation is 1. The molecule has 32 heavy (non-hydrogen) atoms. The van der Waals surface area contributed by atoms with E-state index in [2.05, 4.69) is 43.3 Å². The molecule has 4 heteroatoms. The summed E-state index contributed by atoms with van der Waals surface area (Å²) in [6, 6.07) is 28.6. The van der Waals surface area contributed by atoms with Crippen molar-refractivity contribution in [3.63, 3.8) is 0 Å². The van der Waals surface area contributed by atoms with Crippen LogP contribution in [0.1, 0.15) is 38.2 Å². The number of aliphatic hydroxyl groups is 1. The molecule has 170 valence electrons. The van der Waals surface area contributed by atoms with E-state index >= 15 is 0 Å². The van der Waals surface area contributed by atoms with Crippen LogP contribution in [0.3, 0.4) is 0 Å². The van der Waals surface area contributed by atoms with Crippen molar-refractivity contribution in [3.05, 3.63) is 90.5 Å². The second-order valence-electron chi connectivity index (χ2n) is 8.01. The summed E-state index contributed by atoms with van der Waals surface area (Å²) in [5.74, 6) is 0.754. The molecule has 0 spiro atoms. The van der Waals surface area contributed by atoms with Crippen LogP contribution in [-0.2, 0) is 15.9 Å². The summed E-state index contributed by atoms with van der Waals surface area (Å²) < 4.78 is 17.5. The Morgan fingerprint density at radius 3 is 2.03 bits per heavy atom. The Hall–Kier alpha value is -2.66. The van der Waals surface area contributed by atoms with Gasteiger partial charge in [0, 0.05) is 6.61 Å². The van der Waals surface area contributed by atoms with Crippen LogP contribution >= 0.6 is 0 Å². The van der Waals surface area contributed by atoms with Gasteiger partial charge in [-0.25, -0.2) is 0 Å². The first-order valence-corrected chi connectivity index (χ1v) is 11.4. The predicted molar refractivity (Wildman–Crippen MR) is 129 cm³/mol. The van der Waals surface area contributed by atoms with Crippen LogP contribution in [0.15, 0.2) is 84.9 Å². The summed E-state index contributed by atoms with van der Waals surface area (Å²) in [6.07, 6.45) is 4.21. The van der Waals surface area contributed by atoms with E-state index in [4.69, 9.17) is 14.2 Å². The second kappa shape index (κ2) is 13.0. The smallest absolute Gasteiger partial charge is 0.191 e. The van der Waals surface area contributed by atoms with Gasteiger partial charge in [-0.3, -0.25) is 0 Å². The lowest BCUT2D eigenvalue weighted by molar-refractivity contribution is -0.175. The van der Waals surface area contributed by atoms with Gasteiger partial charge in [0.15, 0.2) is 13.6 Å². The Balaban J connectivity index is 1.46. The molecule has 0 aliphatic carbocycles. The van der Waals surface area contributed by atoms with E-state index in [-0.39, 0.29) is 20.2 Å². The molecule has 0 amide bonds. The molecule has 3 rings (SSSR count). The van der Waals surface area contributed by atoms with Crippen molar-refractivity contribution >= 4 is 0 Å². The van der Waals surface area contributed by atoms with Gasteiger partial charge < -0.3 is 19.3 Å². The summed E-state index contributed by atoms with van der Waals surface area (Å²) >= 11 is 0. The van der Waals surface area contributed by atoms with Crippen LogP contribution in [0, 0.1) is 0 Å². The van der Waals surface area contributed by atoms with Gasteiger partial charge in [-0.1, -0.05) is 86.1 Å². The van der Waals surface area contributed by atoms with Crippen molar-refractivity contribution in [3.8, 4) is 16.9 Å². The fraction of sp³-hybridized carbons (Fsp3) is 0.357. The van der Waals surface area contributed by atoms with Gasteiger partial charge in [0.2, 0.25) is 0 Å². The molecule has 1 atom stereocenters. The monoisotopic (exact) mass is 434 g/mol. The minimum absolute atomic E-state index is 0.0963. The molecule has 3 aromatic carbocycles. The number of benzene rings is 3. The number of aliphatic hydroxyl groups excluding tert-OH is 1. The topological polar surface area (TPSA) is 47.9 Å². The second-order valence-corrected chi connectivity index (χ2v) is 8.01. The van der Waals surface area contributed by atoms with Gasteiger partial charge in [-0.2, -0.15) is 0 Å². The molecular formula is C28H34O4. The Kier molecular flexibility index (Phi) is 9.76. The van der Waals surface area contributed by atoms with E-state index in [9.17, 15) is 5.11 Å². The molecule has 0 radical (unpaired) electrons. The summed E-state index contributed by atoms with van der Waals surface area (Å²) in [5, 5.41) is 9.64. The molecule has 0 saturated carbocycles. The quantitative estimate of drug-likeness (QED) is 0.241. The van der Waals surface area contributed by atoms with Crippen LogP contribution in [0.25, 0.3) is 11.1 Å². The van der Waals surface area contributed by atoms with Crippen molar-refractivity contribution < 1.29 is 19.3 Å². The maximum Gasteiger partial charge on any atom is 0.191 e. The largest absolute Gasteiger partial charge is 0.467 e. The molecule has 0 aliphatic rings. The van der Waals surface area contributed by atoms with E-state index in [1.165, 1.54) is 11.1 Å². The molecule has 0 fully saturated rings. The maximum atomic E-state index is 9.64. The van der Waals surface area contributed by atoms with Crippen LogP contribution in [0.5, 0.6) is 5.75 Å². The third-order valence-electron chi connectivity index (χ3n) is 5.70. The lowest BCUT2D eigenvalue weighted by atomic mass is 9.87. The van der Waals surface area contributed by atoms with Gasteiger partial charge in [0.05, 0.1) is 5.60 Å². The Morgan fingerprint density at radius 2 is 1.38 bits per heavy atom. The zero-order valence-electron chi connectivity index (χ0n) is 18.9. The van der Waals surface area contributed by atoms with Crippen molar-refractivity contribution in [2.45, 2.75) is 44.6 Å². The fourth-order valence-electron chi connectivity index (χ4n) is 3.95. The zero-order chi connectivity index (χ0) is 22.5. The summed E-state index contributed by atoms with van der Waals surface area (Å²) in [7, 11) is 0. The molecule has 4 nitrogen and oxygen atoms in total. The third kappa shape index (κ3) is 7.49. The van der Waals surface area contributed by atoms with Gasteiger partial charge >= 0.3 is 0 Å². The van der Waals surface area contributed by atoms with Crippen molar-refractivity contribution in [1.29, 1.82) is 0 Å². The van der Waals surface area contributed by atoms with Gasteiger partial charge in [-0.15, -0.1) is 0 Å². The van der Waals surface area contributed by atoms with E-state index in [1.807, 2.05) is 48.5 Å². The summed E-state index contributed by atoms with van der Waals surface area (Å²) in [5.41, 5.74) is 3.21. The number of hydrogen-bond acceptors (Lipinski definition) is 4. The molecule has 3 aromatic rings. The lowest BCUT2D eigenvalue weighted by Gasteiger charge is -2.33. The normalized spacial score (nSPS) is 12.9. The van der Waals surface area contributed by atoms with Gasteiger partial charge in [0.1, 0.15) is 5.75 Å². The highest BCUT2D eigenvalue weighted by Crippen LogP contribution is 2.29. The molecule has 0 heterocycles. The highest BCUT2D eigenvalue weighted by atomic mass is 16.7. The Morgan fingerprint density at radius 1 is 0.719 bits per heavy atom. The minimum Gasteiger partial charge on any atom is -0.467 e. The standard InChI is InChI=1S/C28H34O4/c1-2-18-28(20-21-29,19-17-24-9-5-3-6-10-24)32-23-30-22-31-27-15-13-26(14-16-27)25-11-7-4-8-12-25/h3-16,29H,2,17-23H2,1H3/t28-/m1/s1. The molecule has 1 N–H and O–H groups in total. The average Bonchev–Trinajstić information content (AvgIpc) is 2.84. The van der Waals surface area contributed by atoms with Crippen molar-refractivity contribution in [1.82, 2.24) is 0 Å². The van der Waals surface area contributed by atoms with E-state index in [0.717, 1.165) is 37.0 Å². The average molecular weight is 435 g/mol. The van der Waals surface area contributed by atoms with Crippen LogP contribution in [0.2, 0.25) is 0 Å². The molecule has 0 unspecified atom stereocenters. The first-order chi connectivity index (χ1) is 15.7. The summed E-state index contributed by atoms with van der Waals surface area (Å²) in [6.45, 7) is 2.49. The minimum atomic E-state index is -0.392. The third-order valence-corrected chi connectivity index (χ3v) is 5.70. The SMILES string of the molecule is CCC[C@](CCO)(CCc1ccccc1)OCOCOc1ccc(-c2ccccc2)cc1. The Labute approximate surface area is 191 Å². The van der Waals surface area contributed by atoms with E-state index in [1.54, 1.807) is 0 Å². The number of ether oxygens (including phenoxy) is 3. The van der Waals surface area contributed by atoms with Crippen molar-refractivity contribution in [2.24, 2.45) is 0 Å². The molecule has 0 aliphatic heterocycles. The zero-order valence-corrected chi connectivity index (χ0v) is 18.9. The van der Waals surface area contributed by atoms with Crippen LogP contribution in [-0.4, -0.2) is 30.9 Å². The van der Waals surface area contributed by atoms with Gasteiger partial charge in [0.25, 0.3) is 0 Å². The van der Waals surface area contributed by atoms with Gasteiger partial charge in [-0.05, 0) is 54.5 Å². The van der Waals surface area contributed by atoms with E-state index < -0.39 is 5.60 Å². The predicted octanol–water partition coefficient (Wildman–Crippen LogP) is 6.23. The number of hydrogen-bond donors (Lipinski definition) is 1. The molecule has 0 aromatic heterocycles. The molecular weight excluding hydrogens is 400 g/mol. The lowest BCUT2D eigenvalue weighted by Crippen LogP contribution is -2.35. The summed E-state index contributed by atoms with van der Waals surface area (Å²) in [4.78, 5) is 0. The fourth-order valence-corrected chi connectivity index (χ4v) is 3.95. The van der Waals surface area contributed by atoms with E-state index in [0.29, 0.717) is 6.42 Å². The highest BCUT2D eigenvalue weighted by molar-refractivity contribution is 5.63. The van der Waals surface area contributed by atoms with Crippen molar-refractivity contribution in [2.75, 3.05) is 20.2 Å². The Bertz CT molecular complexity index is 872. The first-order valence-electron chi connectivity index (χ1n) is 11.4. The highest BCUT2D eigenvalue weighted by Gasteiger charge is 2.29.